The van der Waals surface area contributed by atoms with Crippen LogP contribution in [0.25, 0.3) is 0 Å². The average molecular weight is 266 g/mol. The second-order valence-corrected chi connectivity index (χ2v) is 5.53. The van der Waals surface area contributed by atoms with Gasteiger partial charge in [0, 0.05) is 0 Å². The molecule has 0 saturated carbocycles. The Morgan fingerprint density at radius 1 is 1.31 bits per heavy atom. The van der Waals surface area contributed by atoms with Gasteiger partial charge in [0.1, 0.15) is 0 Å². The molecule has 0 aromatic heterocycles. The van der Waals surface area contributed by atoms with E-state index in [2.05, 4.69) is 0 Å². The van der Waals surface area contributed by atoms with E-state index in [1.165, 1.54) is 0 Å². The van der Waals surface area contributed by atoms with Gasteiger partial charge in [-0.05, 0) is 0 Å². The first-order valence-electron chi connectivity index (χ1n) is 1.80. The van der Waals surface area contributed by atoms with Crippen molar-refractivity contribution < 1.29 is 70.5 Å². The maximum absolute atomic E-state index is 9.34. The van der Waals surface area contributed by atoms with Gasteiger partial charge in [-0.3, -0.25) is 13.7 Å². The second kappa shape index (κ2) is 7.43. The van der Waals surface area contributed by atoms with Crippen molar-refractivity contribution in [3.8, 4) is 0 Å². The molecule has 0 radical (unpaired) electrons. The molecule has 9 nitrogen and oxygen atoms in total. The van der Waals surface area contributed by atoms with Crippen LogP contribution in [0.3, 0.4) is 0 Å². The minimum absolute atomic E-state index is 0. The Kier molecular flexibility index (Phi) is 11.2. The first-order valence-corrected chi connectivity index (χ1v) is 6.39. The molecular weight excluding hydrogens is 262 g/mol. The van der Waals surface area contributed by atoms with Crippen molar-refractivity contribution in [2.75, 3.05) is 0 Å². The molecule has 76 valence electrons. The summed E-state index contributed by atoms with van der Waals surface area (Å²) in [5, 5.41) is 0. The molecule has 1 atom stereocenters. The first kappa shape index (κ1) is 19.7. The van der Waals surface area contributed by atoms with Crippen molar-refractivity contribution >= 4 is 27.1 Å². The fourth-order valence-electron chi connectivity index (χ4n) is 0. The third-order valence-electron chi connectivity index (χ3n) is 0.180. The average Bonchev–Trinajstić information content (AvgIpc) is 1.55. The SMILES string of the molecule is O=P([O-])(O)O.O=S(O)S(=O)(=O)O.[Na+]. The predicted molar refractivity (Wildman–Crippen MR) is 34.4 cm³/mol. The largest absolute Gasteiger partial charge is 1.00 e. The molecule has 0 amide bonds. The van der Waals surface area contributed by atoms with E-state index in [1.807, 2.05) is 0 Å². The van der Waals surface area contributed by atoms with Gasteiger partial charge in [0.25, 0.3) is 7.82 Å². The summed E-state index contributed by atoms with van der Waals surface area (Å²) in [5.74, 6) is 0. The summed E-state index contributed by atoms with van der Waals surface area (Å²) in [5.41, 5.74) is 0. The third-order valence-corrected chi connectivity index (χ3v) is 1.62. The molecule has 0 bridgehead atoms. The quantitative estimate of drug-likeness (QED) is 0.119. The first-order chi connectivity index (χ1) is 4.94. The summed E-state index contributed by atoms with van der Waals surface area (Å²) in [7, 11) is -12.8. The molecule has 0 spiro atoms. The van der Waals surface area contributed by atoms with Crippen molar-refractivity contribution in [1.29, 1.82) is 0 Å². The molecule has 0 aliphatic carbocycles. The van der Waals surface area contributed by atoms with Crippen LogP contribution < -0.4 is 34.5 Å². The Balaban J connectivity index is -0.000000150. The van der Waals surface area contributed by atoms with E-state index in [4.69, 9.17) is 28.4 Å². The van der Waals surface area contributed by atoms with Crippen molar-refractivity contribution in [2.45, 2.75) is 0 Å². The molecule has 0 aliphatic heterocycles. The van der Waals surface area contributed by atoms with Gasteiger partial charge in [-0.15, -0.1) is 0 Å². The molecule has 1 unspecified atom stereocenters. The molecule has 0 rings (SSSR count). The van der Waals surface area contributed by atoms with Crippen LogP contribution in [-0.4, -0.2) is 31.5 Å². The van der Waals surface area contributed by atoms with E-state index in [0.29, 0.717) is 0 Å². The van der Waals surface area contributed by atoms with Crippen molar-refractivity contribution in [2.24, 2.45) is 0 Å². The number of hydrogen-bond acceptors (Lipinski definition) is 5. The standard InChI is InChI=1S/Na.H2O5S2.H3O4P/c;1-6(2)7(3,4)5;1-5(2,3)4/h;(H,1,2)(H,3,4,5);(H3,1,2,3,4)/q+1;;/p-1. The fraction of sp³-hybridized carbons (Fsp3) is 0. The van der Waals surface area contributed by atoms with E-state index in [1.54, 1.807) is 0 Å². The summed E-state index contributed by atoms with van der Waals surface area (Å²) in [6.07, 6.45) is 0. The summed E-state index contributed by atoms with van der Waals surface area (Å²) in [4.78, 5) is 22.9. The van der Waals surface area contributed by atoms with Crippen LogP contribution >= 0.6 is 7.82 Å². The van der Waals surface area contributed by atoms with E-state index in [0.717, 1.165) is 0 Å². The molecule has 13 heteroatoms. The molecule has 0 fully saturated rings. The van der Waals surface area contributed by atoms with Crippen molar-refractivity contribution in [3.05, 3.63) is 0 Å². The monoisotopic (exact) mass is 266 g/mol. The van der Waals surface area contributed by atoms with Crippen molar-refractivity contribution in [1.82, 2.24) is 0 Å². The maximum atomic E-state index is 9.34. The van der Waals surface area contributed by atoms with Gasteiger partial charge in [-0.2, -0.15) is 8.42 Å². The summed E-state index contributed by atoms with van der Waals surface area (Å²) >= 11 is 0. The van der Waals surface area contributed by atoms with Crippen LogP contribution in [0.1, 0.15) is 0 Å². The molecule has 0 aromatic carbocycles. The number of rotatable bonds is 1. The van der Waals surface area contributed by atoms with Crippen LogP contribution in [0.5, 0.6) is 0 Å². The molecule has 0 heterocycles. The van der Waals surface area contributed by atoms with E-state index >= 15 is 0 Å². The minimum Gasteiger partial charge on any atom is -0.756 e. The molecule has 0 saturated heterocycles. The number of phosphoric acid groups is 1. The Morgan fingerprint density at radius 3 is 1.38 bits per heavy atom. The third kappa shape index (κ3) is 32.0. The van der Waals surface area contributed by atoms with Gasteiger partial charge in [0.2, 0.25) is 0 Å². The Morgan fingerprint density at radius 2 is 1.38 bits per heavy atom. The zero-order valence-electron chi connectivity index (χ0n) is 6.09. The van der Waals surface area contributed by atoms with Gasteiger partial charge < -0.3 is 14.7 Å². The van der Waals surface area contributed by atoms with Gasteiger partial charge >= 0.3 is 48.8 Å². The normalized spacial score (nSPS) is 13.3. The van der Waals surface area contributed by atoms with E-state index in [-0.39, 0.29) is 29.6 Å². The maximum Gasteiger partial charge on any atom is 1.00 e. The van der Waals surface area contributed by atoms with E-state index < -0.39 is 27.1 Å². The van der Waals surface area contributed by atoms with Gasteiger partial charge in [-0.1, -0.05) is 0 Å². The molecule has 13 heavy (non-hydrogen) atoms. The topological polar surface area (TPSA) is 172 Å². The minimum atomic E-state index is -4.89. The van der Waals surface area contributed by atoms with Crippen LogP contribution in [0.15, 0.2) is 0 Å². The zero-order chi connectivity index (χ0) is 10.6. The summed E-state index contributed by atoms with van der Waals surface area (Å²) < 4.78 is 51.8. The predicted octanol–water partition coefficient (Wildman–Crippen LogP) is -5.55. The van der Waals surface area contributed by atoms with Gasteiger partial charge in [-0.25, -0.2) is 4.21 Å². The smallest absolute Gasteiger partial charge is 0.756 e. The van der Waals surface area contributed by atoms with Crippen LogP contribution in [-0.2, 0) is 23.8 Å². The van der Waals surface area contributed by atoms with Crippen molar-refractivity contribution in [3.63, 3.8) is 0 Å². The second-order valence-electron chi connectivity index (χ2n) is 1.14. The van der Waals surface area contributed by atoms with Gasteiger partial charge in [0.15, 0.2) is 0 Å². The van der Waals surface area contributed by atoms with Crippen LogP contribution in [0.4, 0.5) is 0 Å². The molecular formula is H4NaO9PS2. The summed E-state index contributed by atoms with van der Waals surface area (Å²) in [6.45, 7) is 0. The molecule has 0 aliphatic rings. The molecule has 0 aromatic rings. The van der Waals surface area contributed by atoms with Gasteiger partial charge in [0.05, 0.1) is 0 Å². The Hall–Kier alpha value is 1.13. The molecule has 4 N–H and O–H groups in total. The van der Waals surface area contributed by atoms with E-state index in [9.17, 15) is 12.6 Å². The van der Waals surface area contributed by atoms with Crippen LogP contribution in [0, 0.1) is 0 Å². The Bertz CT molecular complexity index is 274. The fourth-order valence-corrected chi connectivity index (χ4v) is 0. The Labute approximate surface area is 97.1 Å². The zero-order valence-corrected chi connectivity index (χ0v) is 10.6. The number of hydrogen-bond donors (Lipinski definition) is 4. The summed E-state index contributed by atoms with van der Waals surface area (Å²) in [6, 6.07) is 0. The van der Waals surface area contributed by atoms with Crippen LogP contribution in [0.2, 0.25) is 0 Å².